The molecule has 2 amide bonds. The van der Waals surface area contributed by atoms with E-state index < -0.39 is 30.1 Å². The van der Waals surface area contributed by atoms with Gasteiger partial charge in [0.25, 0.3) is 5.92 Å². The van der Waals surface area contributed by atoms with Crippen molar-refractivity contribution in [1.29, 1.82) is 5.41 Å². The number of carbonyl (C=O) groups is 2. The Hall–Kier alpha value is -4.14. The molecule has 0 aliphatic rings. The molecule has 0 saturated heterocycles. The number of nitrogens with one attached hydrogen (secondary N) is 3. The molecule has 0 aliphatic carbocycles. The van der Waals surface area contributed by atoms with E-state index in [0.717, 1.165) is 5.56 Å². The first-order valence-corrected chi connectivity index (χ1v) is 11.3. The Labute approximate surface area is 208 Å². The second-order valence-electron chi connectivity index (χ2n) is 8.37. The molecule has 2 aromatic carbocycles. The Morgan fingerprint density at radius 1 is 1.06 bits per heavy atom. The first-order chi connectivity index (χ1) is 17.1. The van der Waals surface area contributed by atoms with Crippen LogP contribution in [0.2, 0.25) is 0 Å². The first-order valence-electron chi connectivity index (χ1n) is 11.3. The van der Waals surface area contributed by atoms with E-state index in [0.29, 0.717) is 22.7 Å². The molecule has 3 rings (SSSR count). The van der Waals surface area contributed by atoms with Gasteiger partial charge in [0.05, 0.1) is 12.8 Å². The molecule has 0 aliphatic heterocycles. The fourth-order valence-corrected chi connectivity index (χ4v) is 3.58. The summed E-state index contributed by atoms with van der Waals surface area (Å²) < 4.78 is 33.5. The Morgan fingerprint density at radius 2 is 1.72 bits per heavy atom. The van der Waals surface area contributed by atoms with Crippen molar-refractivity contribution < 1.29 is 23.1 Å². The van der Waals surface area contributed by atoms with E-state index in [2.05, 4.69) is 15.6 Å². The van der Waals surface area contributed by atoms with Gasteiger partial charge in [-0.1, -0.05) is 25.1 Å². The second kappa shape index (κ2) is 11.1. The fourth-order valence-electron chi connectivity index (χ4n) is 3.58. The first kappa shape index (κ1) is 26.5. The van der Waals surface area contributed by atoms with Gasteiger partial charge in [-0.15, -0.1) is 0 Å². The van der Waals surface area contributed by atoms with Crippen LogP contribution in [-0.4, -0.2) is 29.6 Å². The van der Waals surface area contributed by atoms with Gasteiger partial charge in [0.2, 0.25) is 11.8 Å². The number of benzene rings is 2. The number of amides is 2. The third kappa shape index (κ3) is 6.10. The van der Waals surface area contributed by atoms with Crippen LogP contribution in [0.1, 0.15) is 31.4 Å². The molecule has 3 aromatic rings. The maximum Gasteiger partial charge on any atom is 0.273 e. The van der Waals surface area contributed by atoms with Crippen LogP contribution in [0, 0.1) is 18.3 Å². The highest BCUT2D eigenvalue weighted by Gasteiger charge is 2.31. The standard InChI is InChI=1S/C27H28F2N4O3/c1-5-27(28,29)18-7-6-8-19(13-18)32-25(34)24(17(3)30)26(35)33-20-10-12-23(36-4)21(14-20)22-11-9-16(2)15-31-22/h6-15,24,30H,5H2,1-4H3,(H,32,34)(H,33,35). The van der Waals surface area contributed by atoms with Gasteiger partial charge in [-0.05, 0) is 55.8 Å². The predicted molar refractivity (Wildman–Crippen MR) is 136 cm³/mol. The van der Waals surface area contributed by atoms with Gasteiger partial charge in [0, 0.05) is 40.8 Å². The fraction of sp³-hybridized carbons (Fsp3) is 0.259. The van der Waals surface area contributed by atoms with Gasteiger partial charge in [-0.3, -0.25) is 14.6 Å². The molecule has 0 radical (unpaired) electrons. The van der Waals surface area contributed by atoms with Crippen molar-refractivity contribution in [2.24, 2.45) is 5.92 Å². The average Bonchev–Trinajstić information content (AvgIpc) is 2.84. The Balaban J connectivity index is 1.82. The SMILES string of the molecule is CCC(F)(F)c1cccc(NC(=O)C(C(C)=N)C(=O)Nc2ccc(OC)c(-c3ccc(C)cn3)c2)c1. The van der Waals surface area contributed by atoms with Crippen LogP contribution < -0.4 is 15.4 Å². The van der Waals surface area contributed by atoms with Crippen molar-refractivity contribution in [2.45, 2.75) is 33.1 Å². The number of aryl methyl sites for hydroxylation is 1. The molecular formula is C27H28F2N4O3. The van der Waals surface area contributed by atoms with E-state index in [1.54, 1.807) is 24.4 Å². The van der Waals surface area contributed by atoms with Crippen LogP contribution in [0.25, 0.3) is 11.3 Å². The zero-order chi connectivity index (χ0) is 26.5. The van der Waals surface area contributed by atoms with Gasteiger partial charge in [0.1, 0.15) is 5.75 Å². The quantitative estimate of drug-likeness (QED) is 0.258. The Kier molecular flexibility index (Phi) is 8.14. The summed E-state index contributed by atoms with van der Waals surface area (Å²) in [7, 11) is 1.52. The summed E-state index contributed by atoms with van der Waals surface area (Å²) in [6.07, 6.45) is 1.32. The smallest absolute Gasteiger partial charge is 0.273 e. The van der Waals surface area contributed by atoms with Crippen LogP contribution in [0.5, 0.6) is 5.75 Å². The molecule has 1 atom stereocenters. The molecule has 0 fully saturated rings. The number of aromatic nitrogens is 1. The number of anilines is 2. The minimum Gasteiger partial charge on any atom is -0.496 e. The summed E-state index contributed by atoms with van der Waals surface area (Å²) in [6, 6.07) is 14.0. The van der Waals surface area contributed by atoms with Crippen molar-refractivity contribution in [3.05, 3.63) is 71.9 Å². The third-order valence-electron chi connectivity index (χ3n) is 5.61. The monoisotopic (exact) mass is 494 g/mol. The van der Waals surface area contributed by atoms with Crippen LogP contribution in [0.3, 0.4) is 0 Å². The third-order valence-corrected chi connectivity index (χ3v) is 5.61. The topological polar surface area (TPSA) is 104 Å². The lowest BCUT2D eigenvalue weighted by Gasteiger charge is -2.18. The number of carbonyl (C=O) groups excluding carboxylic acids is 2. The highest BCUT2D eigenvalue weighted by molar-refractivity contribution is 6.24. The number of pyridine rings is 1. The highest BCUT2D eigenvalue weighted by Crippen LogP contribution is 2.33. The van der Waals surface area contributed by atoms with E-state index in [-0.39, 0.29) is 17.0 Å². The zero-order valence-corrected chi connectivity index (χ0v) is 20.5. The van der Waals surface area contributed by atoms with E-state index >= 15 is 0 Å². The molecule has 3 N–H and O–H groups in total. The molecule has 9 heteroatoms. The molecule has 1 aromatic heterocycles. The van der Waals surface area contributed by atoms with Gasteiger partial charge < -0.3 is 20.8 Å². The molecule has 0 saturated carbocycles. The minimum absolute atomic E-state index is 0.113. The van der Waals surface area contributed by atoms with Gasteiger partial charge in [-0.2, -0.15) is 0 Å². The highest BCUT2D eigenvalue weighted by atomic mass is 19.3. The van der Waals surface area contributed by atoms with E-state index in [4.69, 9.17) is 10.1 Å². The lowest BCUT2D eigenvalue weighted by atomic mass is 10.0. The van der Waals surface area contributed by atoms with Crippen molar-refractivity contribution >= 4 is 28.9 Å². The maximum absolute atomic E-state index is 14.1. The molecule has 0 spiro atoms. The van der Waals surface area contributed by atoms with Crippen molar-refractivity contribution in [1.82, 2.24) is 4.98 Å². The number of hydrogen-bond acceptors (Lipinski definition) is 5. The molecular weight excluding hydrogens is 466 g/mol. The average molecular weight is 495 g/mol. The van der Waals surface area contributed by atoms with Gasteiger partial charge in [0.15, 0.2) is 5.92 Å². The number of hydrogen-bond donors (Lipinski definition) is 3. The lowest BCUT2D eigenvalue weighted by Crippen LogP contribution is -2.38. The molecule has 36 heavy (non-hydrogen) atoms. The van der Waals surface area contributed by atoms with E-state index in [1.807, 2.05) is 19.1 Å². The van der Waals surface area contributed by atoms with Crippen molar-refractivity contribution in [2.75, 3.05) is 17.7 Å². The predicted octanol–water partition coefficient (Wildman–Crippen LogP) is 5.80. The summed E-state index contributed by atoms with van der Waals surface area (Å²) in [4.78, 5) is 30.3. The number of methoxy groups -OCH3 is 1. The number of halogens is 2. The lowest BCUT2D eigenvalue weighted by molar-refractivity contribution is -0.126. The molecule has 0 bridgehead atoms. The number of alkyl halides is 2. The van der Waals surface area contributed by atoms with Crippen LogP contribution in [0.4, 0.5) is 20.2 Å². The molecule has 7 nitrogen and oxygen atoms in total. The maximum atomic E-state index is 14.1. The van der Waals surface area contributed by atoms with E-state index in [9.17, 15) is 18.4 Å². The summed E-state index contributed by atoms with van der Waals surface area (Å²) in [5.74, 6) is -5.50. The molecule has 1 heterocycles. The second-order valence-corrected chi connectivity index (χ2v) is 8.37. The summed E-state index contributed by atoms with van der Waals surface area (Å²) >= 11 is 0. The van der Waals surface area contributed by atoms with Gasteiger partial charge in [-0.25, -0.2) is 8.78 Å². The van der Waals surface area contributed by atoms with Crippen LogP contribution in [0.15, 0.2) is 60.8 Å². The van der Waals surface area contributed by atoms with E-state index in [1.165, 1.54) is 45.2 Å². The summed E-state index contributed by atoms with van der Waals surface area (Å²) in [5, 5.41) is 13.2. The van der Waals surface area contributed by atoms with Gasteiger partial charge >= 0.3 is 0 Å². The van der Waals surface area contributed by atoms with Crippen LogP contribution >= 0.6 is 0 Å². The molecule has 1 unspecified atom stereocenters. The van der Waals surface area contributed by atoms with Crippen molar-refractivity contribution in [3.8, 4) is 17.0 Å². The number of rotatable bonds is 9. The minimum atomic E-state index is -3.05. The largest absolute Gasteiger partial charge is 0.496 e. The number of nitrogens with zero attached hydrogens (tertiary/aromatic N) is 1. The Bertz CT molecular complexity index is 1280. The summed E-state index contributed by atoms with van der Waals surface area (Å²) in [6.45, 7) is 4.62. The molecule has 188 valence electrons. The summed E-state index contributed by atoms with van der Waals surface area (Å²) in [5.41, 5.74) is 2.30. The zero-order valence-electron chi connectivity index (χ0n) is 20.5. The van der Waals surface area contributed by atoms with Crippen LogP contribution in [-0.2, 0) is 15.5 Å². The Morgan fingerprint density at radius 3 is 2.28 bits per heavy atom. The normalized spacial score (nSPS) is 11.9. The van der Waals surface area contributed by atoms with Crippen molar-refractivity contribution in [3.63, 3.8) is 0 Å². The number of ether oxygens (including phenoxy) is 1.